The van der Waals surface area contributed by atoms with E-state index in [0.29, 0.717) is 129 Å². The predicted octanol–water partition coefficient (Wildman–Crippen LogP) is -0.851. The van der Waals surface area contributed by atoms with Crippen molar-refractivity contribution in [3.63, 3.8) is 0 Å². The molecule has 0 spiro atoms. The molecule has 0 bridgehead atoms. The molecule has 17 nitrogen and oxygen atoms in total. The average molecular weight is 984 g/mol. The van der Waals surface area contributed by atoms with Crippen molar-refractivity contribution < 1.29 is 128 Å². The topological polar surface area (TPSA) is 221 Å². The van der Waals surface area contributed by atoms with Gasteiger partial charge in [-0.05, 0) is 80.6 Å². The summed E-state index contributed by atoms with van der Waals surface area (Å²) < 4.78 is 108. The minimum Gasteiger partial charge on any atom is -0.481 e. The SMILES string of the molecule is CC[N+](CCCS(=O)(=O)O)=c1ccc2c(/C=C/C=C3/N(CCCCCC(=O)O)c4ccc(S(=O)(=O)O)cc4C3(C)CCOCCOCCOCCOCCOCCOC)ccoc-2c1.[Na+].[Na+]. The van der Waals surface area contributed by atoms with Crippen molar-refractivity contribution in [2.24, 2.45) is 0 Å². The van der Waals surface area contributed by atoms with Crippen molar-refractivity contribution in [2.45, 2.75) is 62.7 Å². The van der Waals surface area contributed by atoms with E-state index in [9.17, 15) is 35.8 Å². The molecule has 2 aliphatic heterocycles. The van der Waals surface area contributed by atoms with Crippen LogP contribution in [0.1, 0.15) is 63.5 Å². The van der Waals surface area contributed by atoms with E-state index in [1.807, 2.05) is 60.9 Å². The number of anilines is 1. The van der Waals surface area contributed by atoms with Crippen LogP contribution in [-0.2, 0) is 58.9 Å². The monoisotopic (exact) mass is 983 g/mol. The summed E-state index contributed by atoms with van der Waals surface area (Å²) in [5.41, 5.74) is 3.31. The van der Waals surface area contributed by atoms with Crippen LogP contribution < -0.4 is 73.9 Å². The molecule has 0 fully saturated rings. The Bertz CT molecular complexity index is 2250. The normalized spacial score (nSPS) is 16.1. The van der Waals surface area contributed by atoms with Gasteiger partial charge in [0.2, 0.25) is 5.36 Å². The molecule has 356 valence electrons. The fourth-order valence-electron chi connectivity index (χ4n) is 7.43. The van der Waals surface area contributed by atoms with Gasteiger partial charge in [0.05, 0.1) is 89.0 Å². The number of methoxy groups -OCH3 is 1. The number of nitrogens with zero attached hydrogens (tertiary/aromatic N) is 2. The number of carbonyl (C=O) groups is 1. The number of carboxylic acid groups (broad SMARTS) is 1. The largest absolute Gasteiger partial charge is 1.00 e. The van der Waals surface area contributed by atoms with Gasteiger partial charge in [-0.25, -0.2) is 4.58 Å². The Hall–Kier alpha value is -2.02. The second-order valence-electron chi connectivity index (χ2n) is 15.3. The van der Waals surface area contributed by atoms with Crippen molar-refractivity contribution in [3.8, 4) is 11.3 Å². The molecule has 0 aromatic heterocycles. The van der Waals surface area contributed by atoms with E-state index in [1.54, 1.807) is 19.4 Å². The standard InChI is InChI=1S/C45H64N2O15S2.2Na/c1-4-46(19-9-33-63(50,51)52)37-13-15-39-36(17-21-62-42(39)34-37)10-8-11-43-45(2,18-22-57-25-26-59-29-30-61-32-31-60-28-27-58-24-23-56-3)40-35-38(64(53,54)55)14-16-41(40)47(43)20-7-5-6-12-44(48)49;;/h8,10-11,13-17,21,34-35H,4-7,9,12,18-20,22-33H2,1-3H3,(H2-,48,49,50,51,52,53,54,55);;/q;2*+1/p+1. The van der Waals surface area contributed by atoms with Crippen LogP contribution in [0.3, 0.4) is 0 Å². The number of benzene rings is 2. The number of aliphatic carboxylic acids is 1. The molecular formula is C45H65N2Na2O15S2+3. The zero-order valence-corrected chi connectivity index (χ0v) is 44.8. The summed E-state index contributed by atoms with van der Waals surface area (Å²) in [7, 11) is -6.96. The van der Waals surface area contributed by atoms with Gasteiger partial charge in [0, 0.05) is 61.5 Å². The third kappa shape index (κ3) is 20.1. The first-order valence-electron chi connectivity index (χ1n) is 21.6. The first-order chi connectivity index (χ1) is 30.7. The molecule has 1 unspecified atom stereocenters. The van der Waals surface area contributed by atoms with Gasteiger partial charge in [-0.2, -0.15) is 16.8 Å². The molecule has 1 aliphatic carbocycles. The molecule has 3 aliphatic rings. The molecule has 0 radical (unpaired) electrons. The van der Waals surface area contributed by atoms with Crippen molar-refractivity contribution in [3.05, 3.63) is 83.1 Å². The van der Waals surface area contributed by atoms with E-state index in [0.717, 1.165) is 27.9 Å². The Balaban J connectivity index is 0.00000748. The predicted molar refractivity (Wildman–Crippen MR) is 242 cm³/mol. The summed E-state index contributed by atoms with van der Waals surface area (Å²) in [6.45, 7) is 10.2. The van der Waals surface area contributed by atoms with Crippen LogP contribution in [0.2, 0.25) is 0 Å². The smallest absolute Gasteiger partial charge is 0.481 e. The van der Waals surface area contributed by atoms with Gasteiger partial charge in [0.15, 0.2) is 0 Å². The molecular weight excluding hydrogens is 919 g/mol. The number of fused-ring (bicyclic) bond motifs is 2. The minimum absolute atomic E-state index is 0. The van der Waals surface area contributed by atoms with Crippen molar-refractivity contribution >= 4 is 38.0 Å². The van der Waals surface area contributed by atoms with E-state index in [4.69, 9.17) is 32.8 Å². The average Bonchev–Trinajstić information content (AvgIpc) is 3.48. The molecule has 3 N–H and O–H groups in total. The van der Waals surface area contributed by atoms with Gasteiger partial charge >= 0.3 is 65.1 Å². The quantitative estimate of drug-likeness (QED) is 0.0300. The first-order valence-corrected chi connectivity index (χ1v) is 24.7. The van der Waals surface area contributed by atoms with Gasteiger partial charge in [0.1, 0.15) is 18.8 Å². The van der Waals surface area contributed by atoms with E-state index < -0.39 is 31.6 Å². The number of rotatable bonds is 32. The Labute approximate surface area is 433 Å². The third-order valence-corrected chi connectivity index (χ3v) is 12.4. The number of hydrogen-bond acceptors (Lipinski definition) is 13. The molecule has 1 aromatic carbocycles. The van der Waals surface area contributed by atoms with E-state index in [2.05, 4.69) is 4.90 Å². The molecule has 0 amide bonds. The summed E-state index contributed by atoms with van der Waals surface area (Å²) >= 11 is 0. The Kier molecular flexibility index (Phi) is 28.5. The number of unbranched alkanes of at least 4 members (excludes halogenated alkanes) is 2. The van der Waals surface area contributed by atoms with Crippen LogP contribution in [0, 0.1) is 0 Å². The van der Waals surface area contributed by atoms with Gasteiger partial charge < -0.3 is 42.8 Å². The van der Waals surface area contributed by atoms with E-state index in [-0.39, 0.29) is 82.6 Å². The van der Waals surface area contributed by atoms with Crippen molar-refractivity contribution in [1.29, 1.82) is 0 Å². The van der Waals surface area contributed by atoms with Crippen molar-refractivity contribution in [2.75, 3.05) is 110 Å². The Morgan fingerprint density at radius 1 is 0.803 bits per heavy atom. The van der Waals surface area contributed by atoms with E-state index in [1.165, 1.54) is 12.1 Å². The zero-order valence-electron chi connectivity index (χ0n) is 39.2. The van der Waals surface area contributed by atoms with Gasteiger partial charge in [-0.3, -0.25) is 13.9 Å². The van der Waals surface area contributed by atoms with Crippen LogP contribution in [0.15, 0.2) is 75.9 Å². The van der Waals surface area contributed by atoms with Crippen LogP contribution in [0.25, 0.3) is 17.4 Å². The molecule has 2 heterocycles. The molecule has 1 aromatic rings. The van der Waals surface area contributed by atoms with Gasteiger partial charge in [0.25, 0.3) is 20.2 Å². The first kappa shape index (κ1) is 60.1. The molecule has 1 atom stereocenters. The maximum atomic E-state index is 12.4. The number of carboxylic acids is 1. The van der Waals surface area contributed by atoms with Gasteiger partial charge in [-0.15, -0.1) is 0 Å². The van der Waals surface area contributed by atoms with Crippen LogP contribution in [0.5, 0.6) is 0 Å². The number of ether oxygens (including phenoxy) is 6. The summed E-state index contributed by atoms with van der Waals surface area (Å²) in [5, 5.41) is 10.0. The summed E-state index contributed by atoms with van der Waals surface area (Å²) in [4.78, 5) is 13.1. The second kappa shape index (κ2) is 31.3. The van der Waals surface area contributed by atoms with Gasteiger partial charge in [-0.1, -0.05) is 18.6 Å². The third-order valence-electron chi connectivity index (χ3n) is 10.8. The Morgan fingerprint density at radius 2 is 1.42 bits per heavy atom. The molecule has 66 heavy (non-hydrogen) atoms. The Morgan fingerprint density at radius 3 is 2.00 bits per heavy atom. The van der Waals surface area contributed by atoms with Crippen LogP contribution >= 0.6 is 0 Å². The summed E-state index contributed by atoms with van der Waals surface area (Å²) in [5.74, 6) is -0.562. The fraction of sp³-hybridized carbons (Fsp3) is 0.556. The number of hydrogen-bond donors (Lipinski definition) is 3. The number of allylic oxidation sites excluding steroid dienone is 3. The zero-order chi connectivity index (χ0) is 46.4. The maximum absolute atomic E-state index is 12.4. The molecule has 0 saturated carbocycles. The minimum atomic E-state index is -4.52. The van der Waals surface area contributed by atoms with Crippen molar-refractivity contribution in [1.82, 2.24) is 4.58 Å². The second-order valence-corrected chi connectivity index (χ2v) is 18.3. The van der Waals surface area contributed by atoms with Crippen LogP contribution in [0.4, 0.5) is 5.69 Å². The van der Waals surface area contributed by atoms with Crippen LogP contribution in [-0.4, -0.2) is 142 Å². The van der Waals surface area contributed by atoms with E-state index >= 15 is 0 Å². The molecule has 21 heteroatoms. The maximum Gasteiger partial charge on any atom is 1.00 e. The summed E-state index contributed by atoms with van der Waals surface area (Å²) in [6, 6.07) is 12.2. The molecule has 0 saturated heterocycles. The fourth-order valence-corrected chi connectivity index (χ4v) is 8.43. The molecule has 4 rings (SSSR count). The summed E-state index contributed by atoms with van der Waals surface area (Å²) in [6.07, 6.45) is 10.1.